The van der Waals surface area contributed by atoms with Crippen LogP contribution in [-0.4, -0.2) is 21.1 Å². The van der Waals surface area contributed by atoms with E-state index in [4.69, 9.17) is 0 Å². The third-order valence-corrected chi connectivity index (χ3v) is 4.38. The van der Waals surface area contributed by atoms with Gasteiger partial charge in [-0.2, -0.15) is 0 Å². The van der Waals surface area contributed by atoms with E-state index in [0.717, 1.165) is 22.6 Å². The smallest absolute Gasteiger partial charge is 0.233 e. The quantitative estimate of drug-likeness (QED) is 0.776. The number of anilines is 1. The maximum atomic E-state index is 12.5. The Hall–Kier alpha value is -2.60. The minimum atomic E-state index is -0.193. The van der Waals surface area contributed by atoms with Crippen molar-refractivity contribution in [2.24, 2.45) is 0 Å². The fraction of sp³-hybridized carbons (Fsp3) is 0.176. The lowest BCUT2D eigenvalue weighted by Gasteiger charge is -2.13. The van der Waals surface area contributed by atoms with Crippen LogP contribution in [0.1, 0.15) is 24.8 Å². The fourth-order valence-electron chi connectivity index (χ4n) is 2.33. The lowest BCUT2D eigenvalue weighted by Crippen LogP contribution is -2.20. The van der Waals surface area contributed by atoms with E-state index in [-0.39, 0.29) is 11.8 Å². The molecule has 0 aliphatic rings. The van der Waals surface area contributed by atoms with E-state index in [1.54, 1.807) is 12.4 Å². The third-order valence-electron chi connectivity index (χ3n) is 3.49. The van der Waals surface area contributed by atoms with Crippen molar-refractivity contribution in [3.8, 4) is 10.6 Å². The minimum Gasteiger partial charge on any atom is -0.300 e. The Balaban J connectivity index is 1.74. The van der Waals surface area contributed by atoms with Crippen molar-refractivity contribution in [1.29, 1.82) is 0 Å². The Kier molecular flexibility index (Phi) is 4.73. The summed E-state index contributed by atoms with van der Waals surface area (Å²) in [7, 11) is 0. The molecule has 0 aliphatic carbocycles. The first-order valence-corrected chi connectivity index (χ1v) is 8.19. The molecule has 0 aliphatic heterocycles. The second-order valence-corrected chi connectivity index (χ2v) is 5.99. The molecule has 1 aromatic carbocycles. The number of amides is 1. The van der Waals surface area contributed by atoms with E-state index in [2.05, 4.69) is 20.5 Å². The van der Waals surface area contributed by atoms with Gasteiger partial charge in [0.2, 0.25) is 11.0 Å². The van der Waals surface area contributed by atoms with Gasteiger partial charge in [-0.05, 0) is 24.1 Å². The van der Waals surface area contributed by atoms with Gasteiger partial charge in [0.1, 0.15) is 0 Å². The van der Waals surface area contributed by atoms with Crippen molar-refractivity contribution in [2.75, 3.05) is 5.32 Å². The minimum absolute atomic E-state index is 0.0624. The monoisotopic (exact) mass is 324 g/mol. The van der Waals surface area contributed by atoms with Crippen molar-refractivity contribution < 1.29 is 4.79 Å². The number of aromatic nitrogens is 3. The Morgan fingerprint density at radius 3 is 2.70 bits per heavy atom. The largest absolute Gasteiger partial charge is 0.300 e. The van der Waals surface area contributed by atoms with E-state index in [0.29, 0.717) is 5.13 Å². The average molecular weight is 324 g/mol. The average Bonchev–Trinajstić information content (AvgIpc) is 3.06. The summed E-state index contributed by atoms with van der Waals surface area (Å²) in [5.74, 6) is -0.255. The Morgan fingerprint density at radius 1 is 1.17 bits per heavy atom. The SMILES string of the molecule is CC[C@@H](C(=O)Nc1nnc(-c2cccnc2)s1)c1ccccc1. The summed E-state index contributed by atoms with van der Waals surface area (Å²) in [6.07, 6.45) is 4.16. The maximum absolute atomic E-state index is 12.5. The molecular formula is C17H16N4OS. The van der Waals surface area contributed by atoms with Gasteiger partial charge >= 0.3 is 0 Å². The van der Waals surface area contributed by atoms with Crippen LogP contribution in [-0.2, 0) is 4.79 Å². The van der Waals surface area contributed by atoms with Gasteiger partial charge in [0.15, 0.2) is 5.01 Å². The number of carbonyl (C=O) groups is 1. The zero-order chi connectivity index (χ0) is 16.1. The van der Waals surface area contributed by atoms with E-state index in [9.17, 15) is 4.79 Å². The first kappa shape index (κ1) is 15.3. The zero-order valence-electron chi connectivity index (χ0n) is 12.6. The van der Waals surface area contributed by atoms with Gasteiger partial charge in [-0.1, -0.05) is 48.6 Å². The number of rotatable bonds is 5. The highest BCUT2D eigenvalue weighted by molar-refractivity contribution is 7.18. The molecule has 3 rings (SSSR count). The van der Waals surface area contributed by atoms with Gasteiger partial charge in [0.25, 0.3) is 0 Å². The van der Waals surface area contributed by atoms with Crippen LogP contribution in [0.15, 0.2) is 54.9 Å². The summed E-state index contributed by atoms with van der Waals surface area (Å²) in [6, 6.07) is 13.5. The Bertz CT molecular complexity index is 774. The first-order chi connectivity index (χ1) is 11.3. The molecule has 0 fully saturated rings. The summed E-state index contributed by atoms with van der Waals surface area (Å²) in [6.45, 7) is 2.00. The number of hydrogen-bond donors (Lipinski definition) is 1. The Morgan fingerprint density at radius 2 is 2.00 bits per heavy atom. The Labute approximate surface area is 138 Å². The molecule has 23 heavy (non-hydrogen) atoms. The van der Waals surface area contributed by atoms with Crippen molar-refractivity contribution in [1.82, 2.24) is 15.2 Å². The maximum Gasteiger partial charge on any atom is 0.233 e. The molecule has 0 radical (unpaired) electrons. The van der Waals surface area contributed by atoms with E-state index in [1.165, 1.54) is 11.3 Å². The summed E-state index contributed by atoms with van der Waals surface area (Å²) in [4.78, 5) is 16.6. The van der Waals surface area contributed by atoms with Crippen molar-refractivity contribution >= 4 is 22.4 Å². The van der Waals surface area contributed by atoms with Crippen LogP contribution in [0.4, 0.5) is 5.13 Å². The van der Waals surface area contributed by atoms with Gasteiger partial charge in [-0.25, -0.2) is 0 Å². The van der Waals surface area contributed by atoms with Gasteiger partial charge < -0.3 is 0 Å². The van der Waals surface area contributed by atoms with Crippen molar-refractivity contribution in [3.05, 3.63) is 60.4 Å². The molecule has 116 valence electrons. The van der Waals surface area contributed by atoms with E-state index < -0.39 is 0 Å². The van der Waals surface area contributed by atoms with Crippen LogP contribution in [0.2, 0.25) is 0 Å². The standard InChI is InChI=1S/C17H16N4OS/c1-2-14(12-7-4-3-5-8-12)15(22)19-17-21-20-16(23-17)13-9-6-10-18-11-13/h3-11,14H,2H2,1H3,(H,19,21,22)/t14-/m1/s1. The third kappa shape index (κ3) is 3.60. The molecule has 0 spiro atoms. The molecule has 5 nitrogen and oxygen atoms in total. The fourth-order valence-corrected chi connectivity index (χ4v) is 3.07. The highest BCUT2D eigenvalue weighted by Crippen LogP contribution is 2.27. The molecule has 0 unspecified atom stereocenters. The van der Waals surface area contributed by atoms with Crippen LogP contribution in [0.25, 0.3) is 10.6 Å². The summed E-state index contributed by atoms with van der Waals surface area (Å²) in [5, 5.41) is 12.3. The number of carbonyl (C=O) groups excluding carboxylic acids is 1. The normalized spacial score (nSPS) is 11.9. The predicted octanol–water partition coefficient (Wildman–Crippen LogP) is 3.73. The van der Waals surface area contributed by atoms with Gasteiger partial charge in [-0.15, -0.1) is 10.2 Å². The van der Waals surface area contributed by atoms with Gasteiger partial charge in [0.05, 0.1) is 5.92 Å². The number of pyridine rings is 1. The van der Waals surface area contributed by atoms with Gasteiger partial charge in [-0.3, -0.25) is 15.1 Å². The van der Waals surface area contributed by atoms with Crippen LogP contribution in [0.5, 0.6) is 0 Å². The molecule has 6 heteroatoms. The molecular weight excluding hydrogens is 308 g/mol. The molecule has 0 bridgehead atoms. The molecule has 1 atom stereocenters. The number of nitrogens with zero attached hydrogens (tertiary/aromatic N) is 3. The topological polar surface area (TPSA) is 67.8 Å². The lowest BCUT2D eigenvalue weighted by atomic mass is 9.96. The molecule has 2 aromatic heterocycles. The molecule has 2 heterocycles. The predicted molar refractivity (Wildman–Crippen MR) is 91.2 cm³/mol. The second kappa shape index (κ2) is 7.11. The number of benzene rings is 1. The molecule has 3 aromatic rings. The summed E-state index contributed by atoms with van der Waals surface area (Å²) in [5.41, 5.74) is 1.89. The number of nitrogens with one attached hydrogen (secondary N) is 1. The zero-order valence-corrected chi connectivity index (χ0v) is 13.5. The first-order valence-electron chi connectivity index (χ1n) is 7.37. The van der Waals surface area contributed by atoms with Crippen molar-refractivity contribution in [3.63, 3.8) is 0 Å². The van der Waals surface area contributed by atoms with Crippen LogP contribution in [0.3, 0.4) is 0 Å². The van der Waals surface area contributed by atoms with Crippen molar-refractivity contribution in [2.45, 2.75) is 19.3 Å². The molecule has 0 saturated heterocycles. The lowest BCUT2D eigenvalue weighted by molar-refractivity contribution is -0.117. The summed E-state index contributed by atoms with van der Waals surface area (Å²) >= 11 is 1.34. The van der Waals surface area contributed by atoms with Gasteiger partial charge in [0, 0.05) is 18.0 Å². The second-order valence-electron chi connectivity index (χ2n) is 5.01. The molecule has 1 amide bonds. The van der Waals surface area contributed by atoms with Crippen LogP contribution < -0.4 is 5.32 Å². The van der Waals surface area contributed by atoms with Crippen LogP contribution in [0, 0.1) is 0 Å². The molecule has 0 saturated carbocycles. The van der Waals surface area contributed by atoms with E-state index >= 15 is 0 Å². The number of hydrogen-bond acceptors (Lipinski definition) is 5. The van der Waals surface area contributed by atoms with Crippen LogP contribution >= 0.6 is 11.3 Å². The summed E-state index contributed by atoms with van der Waals surface area (Å²) < 4.78 is 0. The van der Waals surface area contributed by atoms with E-state index in [1.807, 2.05) is 49.4 Å². The highest BCUT2D eigenvalue weighted by atomic mass is 32.1. The molecule has 1 N–H and O–H groups in total. The highest BCUT2D eigenvalue weighted by Gasteiger charge is 2.20.